The molecule has 0 amide bonds. The van der Waals surface area contributed by atoms with Crippen molar-refractivity contribution >= 4 is 0 Å². The summed E-state index contributed by atoms with van der Waals surface area (Å²) in [6, 6.07) is 0.572. The Balaban J connectivity index is 2.23. The van der Waals surface area contributed by atoms with E-state index in [1.807, 2.05) is 6.92 Å². The first-order chi connectivity index (χ1) is 5.18. The van der Waals surface area contributed by atoms with Crippen LogP contribution in [0.4, 0.5) is 0 Å². The summed E-state index contributed by atoms with van der Waals surface area (Å²) in [5, 5.41) is 12.5. The molecular formula is C8H18N2O. The summed E-state index contributed by atoms with van der Waals surface area (Å²) in [6.45, 7) is 8.00. The number of β-amino-alcohol motifs (C(OH)–C–C–N with tert-alkyl or cyclic N) is 1. The van der Waals surface area contributed by atoms with Crippen molar-refractivity contribution in [3.8, 4) is 0 Å². The fraction of sp³-hybridized carbons (Fsp3) is 1.00. The van der Waals surface area contributed by atoms with E-state index in [-0.39, 0.29) is 6.10 Å². The lowest BCUT2D eigenvalue weighted by molar-refractivity contribution is 0.108. The molecule has 0 spiro atoms. The lowest BCUT2D eigenvalue weighted by Gasteiger charge is -2.32. The van der Waals surface area contributed by atoms with Gasteiger partial charge in [-0.05, 0) is 13.8 Å². The maximum absolute atomic E-state index is 9.13. The molecule has 1 aliphatic rings. The lowest BCUT2D eigenvalue weighted by atomic mass is 10.2. The van der Waals surface area contributed by atoms with Crippen molar-refractivity contribution in [2.24, 2.45) is 0 Å². The number of aliphatic hydroxyl groups is 1. The van der Waals surface area contributed by atoms with Crippen molar-refractivity contribution in [1.29, 1.82) is 0 Å². The molecule has 0 saturated carbocycles. The molecule has 3 heteroatoms. The van der Waals surface area contributed by atoms with Gasteiger partial charge in [0.25, 0.3) is 0 Å². The monoisotopic (exact) mass is 158 g/mol. The van der Waals surface area contributed by atoms with Gasteiger partial charge in [0.15, 0.2) is 0 Å². The molecule has 3 nitrogen and oxygen atoms in total. The molecule has 11 heavy (non-hydrogen) atoms. The molecule has 0 aromatic heterocycles. The van der Waals surface area contributed by atoms with Crippen LogP contribution in [0.3, 0.4) is 0 Å². The molecule has 1 saturated heterocycles. The van der Waals surface area contributed by atoms with Crippen molar-refractivity contribution in [2.75, 3.05) is 26.2 Å². The van der Waals surface area contributed by atoms with E-state index in [0.29, 0.717) is 6.04 Å². The van der Waals surface area contributed by atoms with E-state index in [0.717, 1.165) is 26.2 Å². The Hall–Kier alpha value is -0.120. The Morgan fingerprint density at radius 1 is 1.73 bits per heavy atom. The summed E-state index contributed by atoms with van der Waals surface area (Å²) < 4.78 is 0. The van der Waals surface area contributed by atoms with Crippen molar-refractivity contribution in [2.45, 2.75) is 26.0 Å². The molecular weight excluding hydrogens is 140 g/mol. The second-order valence-electron chi connectivity index (χ2n) is 3.46. The van der Waals surface area contributed by atoms with Gasteiger partial charge in [-0.2, -0.15) is 0 Å². The maximum atomic E-state index is 9.13. The SMILES string of the molecule is CC1CN(C[C@@H](C)O)CCN1. The average molecular weight is 158 g/mol. The number of hydrogen-bond acceptors (Lipinski definition) is 3. The summed E-state index contributed by atoms with van der Waals surface area (Å²) in [4.78, 5) is 2.30. The number of rotatable bonds is 2. The first-order valence-electron chi connectivity index (χ1n) is 4.32. The third-order valence-electron chi connectivity index (χ3n) is 1.98. The molecule has 0 bridgehead atoms. The first kappa shape index (κ1) is 8.97. The van der Waals surface area contributed by atoms with Crippen LogP contribution in [-0.2, 0) is 0 Å². The van der Waals surface area contributed by atoms with Crippen LogP contribution in [0.5, 0.6) is 0 Å². The van der Waals surface area contributed by atoms with Crippen molar-refractivity contribution in [1.82, 2.24) is 10.2 Å². The number of hydrogen-bond donors (Lipinski definition) is 2. The normalized spacial score (nSPS) is 30.3. The molecule has 1 fully saturated rings. The Labute approximate surface area is 68.4 Å². The van der Waals surface area contributed by atoms with E-state index >= 15 is 0 Å². The van der Waals surface area contributed by atoms with E-state index in [9.17, 15) is 0 Å². The van der Waals surface area contributed by atoms with Gasteiger partial charge in [0.05, 0.1) is 6.10 Å². The zero-order valence-corrected chi connectivity index (χ0v) is 7.38. The molecule has 1 unspecified atom stereocenters. The summed E-state index contributed by atoms with van der Waals surface area (Å²) in [6.07, 6.45) is -0.194. The number of nitrogens with zero attached hydrogens (tertiary/aromatic N) is 1. The van der Waals surface area contributed by atoms with Gasteiger partial charge in [0.2, 0.25) is 0 Å². The molecule has 0 aromatic carbocycles. The van der Waals surface area contributed by atoms with Gasteiger partial charge in [0, 0.05) is 32.2 Å². The summed E-state index contributed by atoms with van der Waals surface area (Å²) in [7, 11) is 0. The fourth-order valence-electron chi connectivity index (χ4n) is 1.55. The van der Waals surface area contributed by atoms with E-state index in [1.165, 1.54) is 0 Å². The van der Waals surface area contributed by atoms with E-state index < -0.39 is 0 Å². The highest BCUT2D eigenvalue weighted by molar-refractivity contribution is 4.75. The third kappa shape index (κ3) is 3.18. The molecule has 1 heterocycles. The minimum absolute atomic E-state index is 0.194. The molecule has 0 aliphatic carbocycles. The first-order valence-corrected chi connectivity index (χ1v) is 4.32. The fourth-order valence-corrected chi connectivity index (χ4v) is 1.55. The van der Waals surface area contributed by atoms with Gasteiger partial charge in [-0.15, -0.1) is 0 Å². The van der Waals surface area contributed by atoms with Gasteiger partial charge in [-0.3, -0.25) is 4.90 Å². The Bertz CT molecular complexity index is 115. The van der Waals surface area contributed by atoms with Crippen LogP contribution >= 0.6 is 0 Å². The van der Waals surface area contributed by atoms with Crippen LogP contribution in [0.1, 0.15) is 13.8 Å². The zero-order chi connectivity index (χ0) is 8.27. The van der Waals surface area contributed by atoms with Gasteiger partial charge < -0.3 is 10.4 Å². The van der Waals surface area contributed by atoms with Crippen LogP contribution in [0.2, 0.25) is 0 Å². The van der Waals surface area contributed by atoms with Crippen LogP contribution < -0.4 is 5.32 Å². The van der Waals surface area contributed by atoms with Crippen LogP contribution in [0.25, 0.3) is 0 Å². The lowest BCUT2D eigenvalue weighted by Crippen LogP contribution is -2.50. The van der Waals surface area contributed by atoms with Gasteiger partial charge in [-0.25, -0.2) is 0 Å². The largest absolute Gasteiger partial charge is 0.392 e. The highest BCUT2D eigenvalue weighted by Gasteiger charge is 2.15. The van der Waals surface area contributed by atoms with E-state index in [2.05, 4.69) is 17.1 Å². The van der Waals surface area contributed by atoms with Gasteiger partial charge in [0.1, 0.15) is 0 Å². The quantitative estimate of drug-likeness (QED) is 0.577. The molecule has 2 N–H and O–H groups in total. The highest BCUT2D eigenvalue weighted by Crippen LogP contribution is 1.99. The van der Waals surface area contributed by atoms with E-state index in [4.69, 9.17) is 5.11 Å². The molecule has 0 aromatic rings. The average Bonchev–Trinajstić information content (AvgIpc) is 1.85. The minimum Gasteiger partial charge on any atom is -0.392 e. The summed E-state index contributed by atoms with van der Waals surface area (Å²) >= 11 is 0. The van der Waals surface area contributed by atoms with Gasteiger partial charge >= 0.3 is 0 Å². The molecule has 2 atom stereocenters. The summed E-state index contributed by atoms with van der Waals surface area (Å²) in [5.41, 5.74) is 0. The van der Waals surface area contributed by atoms with Crippen LogP contribution in [0, 0.1) is 0 Å². The predicted octanol–water partition coefficient (Wildman–Crippen LogP) is -0.339. The van der Waals surface area contributed by atoms with Crippen LogP contribution in [0.15, 0.2) is 0 Å². The smallest absolute Gasteiger partial charge is 0.0639 e. The third-order valence-corrected chi connectivity index (χ3v) is 1.98. The standard InChI is InChI=1S/C8H18N2O/c1-7-5-10(4-3-9-7)6-8(2)11/h7-9,11H,3-6H2,1-2H3/t7?,8-/m1/s1. The predicted molar refractivity (Wildman–Crippen MR) is 45.6 cm³/mol. The summed E-state index contributed by atoms with van der Waals surface area (Å²) in [5.74, 6) is 0. The van der Waals surface area contributed by atoms with Crippen LogP contribution in [-0.4, -0.2) is 48.3 Å². The topological polar surface area (TPSA) is 35.5 Å². The molecule has 1 aliphatic heterocycles. The second kappa shape index (κ2) is 4.04. The number of aliphatic hydroxyl groups excluding tert-OH is 1. The molecule has 1 rings (SSSR count). The Morgan fingerprint density at radius 2 is 2.45 bits per heavy atom. The molecule has 0 radical (unpaired) electrons. The maximum Gasteiger partial charge on any atom is 0.0639 e. The number of piperazine rings is 1. The van der Waals surface area contributed by atoms with Crippen molar-refractivity contribution < 1.29 is 5.11 Å². The zero-order valence-electron chi connectivity index (χ0n) is 7.38. The number of nitrogens with one attached hydrogen (secondary N) is 1. The van der Waals surface area contributed by atoms with Crippen molar-refractivity contribution in [3.63, 3.8) is 0 Å². The van der Waals surface area contributed by atoms with E-state index in [1.54, 1.807) is 0 Å². The minimum atomic E-state index is -0.194. The molecule has 66 valence electrons. The Morgan fingerprint density at radius 3 is 3.00 bits per heavy atom. The van der Waals surface area contributed by atoms with Crippen molar-refractivity contribution in [3.05, 3.63) is 0 Å². The Kier molecular flexibility index (Phi) is 3.30. The second-order valence-corrected chi connectivity index (χ2v) is 3.46. The van der Waals surface area contributed by atoms with Gasteiger partial charge in [-0.1, -0.05) is 0 Å². The highest BCUT2D eigenvalue weighted by atomic mass is 16.3.